The van der Waals surface area contributed by atoms with E-state index < -0.39 is 23.9 Å². The molecule has 1 fully saturated rings. The molecule has 0 aromatic carbocycles. The Kier molecular flexibility index (Phi) is 3.75. The van der Waals surface area contributed by atoms with Crippen LogP contribution in [0.2, 0.25) is 0 Å². The number of rotatable bonds is 2. The van der Waals surface area contributed by atoms with Gasteiger partial charge in [-0.3, -0.25) is 9.59 Å². The highest BCUT2D eigenvalue weighted by Gasteiger charge is 2.47. The highest BCUT2D eigenvalue weighted by atomic mass is 79.9. The molecule has 0 aliphatic carbocycles. The molecule has 1 heterocycles. The van der Waals surface area contributed by atoms with Crippen molar-refractivity contribution in [1.82, 2.24) is 4.90 Å². The first-order valence-electron chi connectivity index (χ1n) is 4.34. The number of halogens is 4. The highest BCUT2D eigenvalue weighted by Crippen LogP contribution is 2.27. The van der Waals surface area contributed by atoms with Crippen LogP contribution < -0.4 is 0 Å². The second kappa shape index (κ2) is 4.51. The summed E-state index contributed by atoms with van der Waals surface area (Å²) in [7, 11) is 0. The van der Waals surface area contributed by atoms with Gasteiger partial charge in [-0.25, -0.2) is 0 Å². The van der Waals surface area contributed by atoms with Crippen LogP contribution in [0.4, 0.5) is 13.2 Å². The molecule has 0 N–H and O–H groups in total. The minimum atomic E-state index is -4.86. The average molecular weight is 288 g/mol. The number of amides is 1. The van der Waals surface area contributed by atoms with Crippen LogP contribution in [0.25, 0.3) is 0 Å². The molecule has 86 valence electrons. The summed E-state index contributed by atoms with van der Waals surface area (Å²) in [5.74, 6) is -2.30. The zero-order valence-corrected chi connectivity index (χ0v) is 9.27. The van der Waals surface area contributed by atoms with Gasteiger partial charge in [0.2, 0.25) is 5.91 Å². The van der Waals surface area contributed by atoms with Crippen LogP contribution in [0.15, 0.2) is 0 Å². The van der Waals surface area contributed by atoms with E-state index in [-0.39, 0.29) is 18.3 Å². The average Bonchev–Trinajstić information content (AvgIpc) is 2.62. The van der Waals surface area contributed by atoms with Crippen molar-refractivity contribution < 1.29 is 22.8 Å². The summed E-state index contributed by atoms with van der Waals surface area (Å²) in [5, 5.41) is -0.0609. The van der Waals surface area contributed by atoms with E-state index in [1.165, 1.54) is 0 Å². The van der Waals surface area contributed by atoms with Crippen molar-refractivity contribution in [3.05, 3.63) is 0 Å². The number of hydrogen-bond donors (Lipinski definition) is 0. The van der Waals surface area contributed by atoms with Crippen LogP contribution in [-0.2, 0) is 9.59 Å². The number of alkyl halides is 4. The highest BCUT2D eigenvalue weighted by molar-refractivity contribution is 9.09. The van der Waals surface area contributed by atoms with Gasteiger partial charge < -0.3 is 4.90 Å². The third kappa shape index (κ3) is 2.70. The summed E-state index contributed by atoms with van der Waals surface area (Å²) in [4.78, 5) is 23.2. The standard InChI is InChI=1S/C8H9BrF3NO2/c9-4-6(14)13-3-1-2-5(13)7(15)8(10,11)12/h5H,1-4H2. The fourth-order valence-corrected chi connectivity index (χ4v) is 1.93. The summed E-state index contributed by atoms with van der Waals surface area (Å²) in [6.45, 7) is 0.219. The molecule has 0 radical (unpaired) electrons. The Morgan fingerprint density at radius 1 is 1.40 bits per heavy atom. The number of hydrogen-bond acceptors (Lipinski definition) is 2. The van der Waals surface area contributed by atoms with Crippen molar-refractivity contribution in [3.63, 3.8) is 0 Å². The van der Waals surface area contributed by atoms with Gasteiger partial charge in [0.05, 0.1) is 11.4 Å². The van der Waals surface area contributed by atoms with Gasteiger partial charge in [-0.1, -0.05) is 15.9 Å². The van der Waals surface area contributed by atoms with Gasteiger partial charge in [-0.15, -0.1) is 0 Å². The van der Waals surface area contributed by atoms with Gasteiger partial charge in [0.15, 0.2) is 0 Å². The minimum absolute atomic E-state index is 0.0609. The molecule has 0 spiro atoms. The summed E-state index contributed by atoms with van der Waals surface area (Å²) in [6, 6.07) is -1.32. The van der Waals surface area contributed by atoms with Crippen molar-refractivity contribution in [3.8, 4) is 0 Å². The Labute approximate surface area is 92.7 Å². The van der Waals surface area contributed by atoms with Gasteiger partial charge in [0.1, 0.15) is 0 Å². The van der Waals surface area contributed by atoms with E-state index in [2.05, 4.69) is 15.9 Å². The van der Waals surface area contributed by atoms with E-state index in [0.29, 0.717) is 6.42 Å². The molecule has 0 saturated carbocycles. The van der Waals surface area contributed by atoms with Crippen LogP contribution in [-0.4, -0.2) is 40.7 Å². The second-order valence-electron chi connectivity index (χ2n) is 3.24. The Morgan fingerprint density at radius 3 is 2.47 bits per heavy atom. The van der Waals surface area contributed by atoms with Gasteiger partial charge in [-0.05, 0) is 12.8 Å². The molecule has 0 aromatic rings. The molecule has 1 unspecified atom stereocenters. The van der Waals surface area contributed by atoms with E-state index >= 15 is 0 Å². The van der Waals surface area contributed by atoms with Crippen molar-refractivity contribution in [1.29, 1.82) is 0 Å². The smallest absolute Gasteiger partial charge is 0.332 e. The van der Waals surface area contributed by atoms with E-state index in [4.69, 9.17) is 0 Å². The molecule has 15 heavy (non-hydrogen) atoms. The van der Waals surface area contributed by atoms with Gasteiger partial charge in [-0.2, -0.15) is 13.2 Å². The fraction of sp³-hybridized carbons (Fsp3) is 0.750. The van der Waals surface area contributed by atoms with Crippen molar-refractivity contribution >= 4 is 27.6 Å². The van der Waals surface area contributed by atoms with Crippen molar-refractivity contribution in [2.75, 3.05) is 11.9 Å². The molecular formula is C8H9BrF3NO2. The molecule has 1 aliphatic heterocycles. The lowest BCUT2D eigenvalue weighted by atomic mass is 10.1. The maximum atomic E-state index is 12.1. The second-order valence-corrected chi connectivity index (χ2v) is 3.80. The van der Waals surface area contributed by atoms with E-state index in [9.17, 15) is 22.8 Å². The van der Waals surface area contributed by atoms with E-state index in [1.807, 2.05) is 0 Å². The Balaban J connectivity index is 2.77. The van der Waals surface area contributed by atoms with Crippen LogP contribution in [0.1, 0.15) is 12.8 Å². The first-order chi connectivity index (χ1) is 6.88. The normalized spacial score (nSPS) is 21.9. The van der Waals surface area contributed by atoms with Crippen LogP contribution in [0.5, 0.6) is 0 Å². The minimum Gasteiger partial charge on any atom is -0.332 e. The summed E-state index contributed by atoms with van der Waals surface area (Å²) in [5.41, 5.74) is 0. The molecular weight excluding hydrogens is 279 g/mol. The molecule has 3 nitrogen and oxygen atoms in total. The predicted octanol–water partition coefficient (Wildman–Crippen LogP) is 1.50. The number of Topliss-reactive ketones (excluding diaryl/α,β-unsaturated/α-hetero) is 1. The molecule has 1 amide bonds. The molecule has 0 bridgehead atoms. The Hall–Kier alpha value is -0.590. The van der Waals surface area contributed by atoms with E-state index in [0.717, 1.165) is 4.90 Å². The maximum absolute atomic E-state index is 12.1. The third-order valence-electron chi connectivity index (χ3n) is 2.27. The third-order valence-corrected chi connectivity index (χ3v) is 2.75. The van der Waals surface area contributed by atoms with Crippen molar-refractivity contribution in [2.45, 2.75) is 25.1 Å². The first kappa shape index (κ1) is 12.5. The zero-order chi connectivity index (χ0) is 11.6. The van der Waals surface area contributed by atoms with Gasteiger partial charge in [0, 0.05) is 6.54 Å². The molecule has 0 aromatic heterocycles. The van der Waals surface area contributed by atoms with Gasteiger partial charge in [0.25, 0.3) is 5.78 Å². The van der Waals surface area contributed by atoms with E-state index in [1.54, 1.807) is 0 Å². The monoisotopic (exact) mass is 287 g/mol. The topological polar surface area (TPSA) is 37.4 Å². The Morgan fingerprint density at radius 2 is 2.00 bits per heavy atom. The number of carbonyl (C=O) groups is 2. The molecule has 1 atom stereocenters. The lowest BCUT2D eigenvalue weighted by Gasteiger charge is -2.23. The van der Waals surface area contributed by atoms with Gasteiger partial charge >= 0.3 is 6.18 Å². The lowest BCUT2D eigenvalue weighted by Crippen LogP contribution is -2.46. The number of likely N-dealkylation sites (tertiary alicyclic amines) is 1. The predicted molar refractivity (Wildman–Crippen MR) is 49.6 cm³/mol. The summed E-state index contributed by atoms with van der Waals surface area (Å²) < 4.78 is 36.4. The largest absolute Gasteiger partial charge is 0.452 e. The van der Waals surface area contributed by atoms with Crippen LogP contribution in [0.3, 0.4) is 0 Å². The molecule has 1 rings (SSSR count). The molecule has 1 saturated heterocycles. The molecule has 1 aliphatic rings. The SMILES string of the molecule is O=C(CBr)N1CCCC1C(=O)C(F)(F)F. The lowest BCUT2D eigenvalue weighted by molar-refractivity contribution is -0.176. The van der Waals surface area contributed by atoms with Crippen molar-refractivity contribution in [2.24, 2.45) is 0 Å². The Bertz CT molecular complexity index is 280. The maximum Gasteiger partial charge on any atom is 0.452 e. The number of ketones is 1. The summed E-state index contributed by atoms with van der Waals surface area (Å²) in [6.07, 6.45) is -4.33. The number of carbonyl (C=O) groups excluding carboxylic acids is 2. The fourth-order valence-electron chi connectivity index (χ4n) is 1.60. The molecule has 7 heteroatoms. The zero-order valence-electron chi connectivity index (χ0n) is 7.68. The van der Waals surface area contributed by atoms with Crippen LogP contribution in [0, 0.1) is 0 Å². The van der Waals surface area contributed by atoms with Crippen LogP contribution >= 0.6 is 15.9 Å². The summed E-state index contributed by atoms with van der Waals surface area (Å²) >= 11 is 2.87. The number of nitrogens with zero attached hydrogens (tertiary/aromatic N) is 1. The first-order valence-corrected chi connectivity index (χ1v) is 5.46. The quantitative estimate of drug-likeness (QED) is 0.722.